The zero-order valence-electron chi connectivity index (χ0n) is 13.1. The highest BCUT2D eigenvalue weighted by atomic mass is 32.1. The second-order valence-corrected chi connectivity index (χ2v) is 8.14. The summed E-state index contributed by atoms with van der Waals surface area (Å²) in [6.07, 6.45) is 0. The molecule has 2 nitrogen and oxygen atoms in total. The van der Waals surface area contributed by atoms with Crippen LogP contribution >= 0.6 is 22.7 Å². The van der Waals surface area contributed by atoms with Gasteiger partial charge in [0.15, 0.2) is 11.7 Å². The Balaban J connectivity index is 2.19. The van der Waals surface area contributed by atoms with Crippen molar-refractivity contribution in [1.29, 1.82) is 0 Å². The molecule has 0 bridgehead atoms. The first-order valence-electron chi connectivity index (χ1n) is 7.30. The summed E-state index contributed by atoms with van der Waals surface area (Å²) in [4.78, 5) is 3.49. The fourth-order valence-corrected chi connectivity index (χ4v) is 4.78. The number of allylic oxidation sites excluding steroid dienone is 2. The molecule has 1 aliphatic rings. The minimum absolute atomic E-state index is 0.247. The number of nitrogens with two attached hydrogens (primary N) is 1. The summed E-state index contributed by atoms with van der Waals surface area (Å²) in [6.45, 7) is 3.87. The highest BCUT2D eigenvalue weighted by Gasteiger charge is 2.37. The normalized spacial score (nSPS) is 22.2. The number of halogens is 2. The minimum Gasteiger partial charge on any atom is -0.322 e. The molecule has 6 heteroatoms. The van der Waals surface area contributed by atoms with Gasteiger partial charge in [-0.25, -0.2) is 8.78 Å². The maximum Gasteiger partial charge on any atom is 0.165 e. The molecule has 23 heavy (non-hydrogen) atoms. The lowest BCUT2D eigenvalue weighted by molar-refractivity contribution is 0.509. The molecule has 0 aliphatic heterocycles. The van der Waals surface area contributed by atoms with Crippen molar-refractivity contribution in [3.63, 3.8) is 0 Å². The van der Waals surface area contributed by atoms with Crippen LogP contribution < -0.4 is 11.1 Å². The maximum atomic E-state index is 14.9. The molecule has 0 amide bonds. The van der Waals surface area contributed by atoms with Crippen molar-refractivity contribution in [3.05, 3.63) is 55.4 Å². The molecule has 0 aromatic carbocycles. The van der Waals surface area contributed by atoms with E-state index in [2.05, 4.69) is 5.32 Å². The fraction of sp³-hybridized carbons (Fsp3) is 0.294. The van der Waals surface area contributed by atoms with Crippen molar-refractivity contribution >= 4 is 33.8 Å². The molecular weight excluding hydrogens is 334 g/mol. The number of nitrogens with one attached hydrogen (secondary N) is 1. The van der Waals surface area contributed by atoms with E-state index >= 15 is 0 Å². The van der Waals surface area contributed by atoms with E-state index in [9.17, 15) is 8.78 Å². The van der Waals surface area contributed by atoms with Gasteiger partial charge in [0.25, 0.3) is 0 Å². The number of thiophene rings is 2. The van der Waals surface area contributed by atoms with Crippen LogP contribution in [0.15, 0.2) is 35.9 Å². The fourth-order valence-electron chi connectivity index (χ4n) is 2.88. The standard InChI is InChI=1S/C17H18F2N2S2/c1-8-4-6-10(22-8)12-14(18)15(19)13(17(21-3)16(12)20)11-7-5-9(2)23-11/h4-7,16-17,21H,20H2,1-3H3. The molecule has 0 saturated carbocycles. The van der Waals surface area contributed by atoms with E-state index in [1.165, 1.54) is 22.7 Å². The molecule has 3 N–H and O–H groups in total. The van der Waals surface area contributed by atoms with Crippen LogP contribution in [0.4, 0.5) is 8.78 Å². The van der Waals surface area contributed by atoms with Crippen molar-refractivity contribution in [2.45, 2.75) is 25.9 Å². The van der Waals surface area contributed by atoms with Crippen molar-refractivity contribution < 1.29 is 8.78 Å². The van der Waals surface area contributed by atoms with E-state index in [0.29, 0.717) is 15.3 Å². The Morgan fingerprint density at radius 2 is 1.39 bits per heavy atom. The molecule has 0 saturated heterocycles. The van der Waals surface area contributed by atoms with E-state index in [0.717, 1.165) is 9.75 Å². The van der Waals surface area contributed by atoms with Crippen LogP contribution in [-0.4, -0.2) is 19.1 Å². The van der Waals surface area contributed by atoms with Crippen LogP contribution in [-0.2, 0) is 0 Å². The Labute approximate surface area is 142 Å². The summed E-state index contributed by atoms with van der Waals surface area (Å²) in [5.74, 6) is -1.65. The van der Waals surface area contributed by atoms with Gasteiger partial charge in [-0.1, -0.05) is 0 Å². The Morgan fingerprint density at radius 3 is 1.83 bits per heavy atom. The SMILES string of the molecule is CNC1C(c2ccc(C)s2)=C(F)C(F)=C(c2ccc(C)s2)C1N. The number of likely N-dealkylation sites (N-methyl/N-ethyl adjacent to an activating group) is 1. The van der Waals surface area contributed by atoms with Crippen molar-refractivity contribution in [2.75, 3.05) is 7.05 Å². The predicted octanol–water partition coefficient (Wildman–Crippen LogP) is 4.42. The molecule has 3 rings (SSSR count). The van der Waals surface area contributed by atoms with Crippen LogP contribution in [0, 0.1) is 13.8 Å². The molecule has 0 fully saturated rings. The summed E-state index contributed by atoms with van der Waals surface area (Å²) in [6, 6.07) is 6.30. The highest BCUT2D eigenvalue weighted by molar-refractivity contribution is 7.13. The van der Waals surface area contributed by atoms with E-state index in [1.54, 1.807) is 13.1 Å². The first-order valence-corrected chi connectivity index (χ1v) is 8.93. The average Bonchev–Trinajstić information content (AvgIpc) is 3.11. The summed E-state index contributed by atoms with van der Waals surface area (Å²) in [5, 5.41) is 3.06. The van der Waals surface area contributed by atoms with E-state index in [-0.39, 0.29) is 5.57 Å². The lowest BCUT2D eigenvalue weighted by Gasteiger charge is -2.31. The average molecular weight is 352 g/mol. The van der Waals surface area contributed by atoms with Crippen LogP contribution in [0.25, 0.3) is 11.1 Å². The molecular formula is C17H18F2N2S2. The van der Waals surface area contributed by atoms with E-state index in [1.807, 2.05) is 32.0 Å². The summed E-state index contributed by atoms with van der Waals surface area (Å²) in [5.41, 5.74) is 6.87. The quantitative estimate of drug-likeness (QED) is 0.858. The van der Waals surface area contributed by atoms with Crippen LogP contribution in [0.5, 0.6) is 0 Å². The number of rotatable bonds is 3. The first kappa shape index (κ1) is 16.5. The topological polar surface area (TPSA) is 38.0 Å². The van der Waals surface area contributed by atoms with Gasteiger partial charge in [0.2, 0.25) is 0 Å². The van der Waals surface area contributed by atoms with Crippen molar-refractivity contribution in [3.8, 4) is 0 Å². The zero-order chi connectivity index (χ0) is 16.7. The molecule has 0 spiro atoms. The van der Waals surface area contributed by atoms with Gasteiger partial charge in [0, 0.05) is 30.7 Å². The van der Waals surface area contributed by atoms with Gasteiger partial charge in [0.05, 0.1) is 12.1 Å². The van der Waals surface area contributed by atoms with Gasteiger partial charge in [0.1, 0.15) is 0 Å². The molecule has 1 aliphatic carbocycles. The molecule has 2 aromatic heterocycles. The Kier molecular flexibility index (Phi) is 4.51. The summed E-state index contributed by atoms with van der Waals surface area (Å²) < 4.78 is 29.6. The van der Waals surface area contributed by atoms with Gasteiger partial charge < -0.3 is 11.1 Å². The largest absolute Gasteiger partial charge is 0.322 e. The van der Waals surface area contributed by atoms with E-state index in [4.69, 9.17) is 5.73 Å². The molecule has 0 radical (unpaired) electrons. The Morgan fingerprint density at radius 1 is 0.913 bits per heavy atom. The molecule has 122 valence electrons. The van der Waals surface area contributed by atoms with Gasteiger partial charge in [-0.05, 0) is 45.2 Å². The van der Waals surface area contributed by atoms with Gasteiger partial charge in [-0.15, -0.1) is 22.7 Å². The Hall–Kier alpha value is -1.34. The highest BCUT2D eigenvalue weighted by Crippen LogP contribution is 2.43. The monoisotopic (exact) mass is 352 g/mol. The predicted molar refractivity (Wildman–Crippen MR) is 95.0 cm³/mol. The second kappa shape index (κ2) is 6.28. The van der Waals surface area contributed by atoms with Gasteiger partial charge in [-0.3, -0.25) is 0 Å². The molecule has 2 aromatic rings. The van der Waals surface area contributed by atoms with Gasteiger partial charge in [-0.2, -0.15) is 0 Å². The summed E-state index contributed by atoms with van der Waals surface area (Å²) in [7, 11) is 1.72. The third-order valence-electron chi connectivity index (χ3n) is 3.99. The smallest absolute Gasteiger partial charge is 0.165 e. The lowest BCUT2D eigenvalue weighted by Crippen LogP contribution is -2.47. The molecule has 2 unspecified atom stereocenters. The molecule has 2 atom stereocenters. The first-order chi connectivity index (χ1) is 10.9. The Bertz CT molecular complexity index is 801. The van der Waals surface area contributed by atoms with Crippen LogP contribution in [0.2, 0.25) is 0 Å². The zero-order valence-corrected chi connectivity index (χ0v) is 14.7. The minimum atomic E-state index is -0.841. The van der Waals surface area contributed by atoms with E-state index < -0.39 is 23.7 Å². The maximum absolute atomic E-state index is 14.9. The molecule has 2 heterocycles. The number of hydrogen-bond acceptors (Lipinski definition) is 4. The number of aryl methyl sites for hydroxylation is 2. The van der Waals surface area contributed by atoms with Crippen LogP contribution in [0.1, 0.15) is 19.5 Å². The van der Waals surface area contributed by atoms with Crippen molar-refractivity contribution in [2.24, 2.45) is 5.73 Å². The van der Waals surface area contributed by atoms with Gasteiger partial charge >= 0.3 is 0 Å². The summed E-state index contributed by atoms with van der Waals surface area (Å²) >= 11 is 2.87. The lowest BCUT2D eigenvalue weighted by atomic mass is 9.86. The third-order valence-corrected chi connectivity index (χ3v) is 6.06. The number of hydrogen-bond donors (Lipinski definition) is 2. The van der Waals surface area contributed by atoms with Crippen LogP contribution in [0.3, 0.4) is 0 Å². The second-order valence-electron chi connectivity index (χ2n) is 5.57. The third kappa shape index (κ3) is 2.80. The van der Waals surface area contributed by atoms with Crippen molar-refractivity contribution in [1.82, 2.24) is 5.32 Å².